The van der Waals surface area contributed by atoms with E-state index in [0.29, 0.717) is 18.6 Å². The van der Waals surface area contributed by atoms with Crippen LogP contribution in [-0.4, -0.2) is 24.2 Å². The number of ether oxygens (including phenoxy) is 1. The maximum Gasteiger partial charge on any atom is 0.326 e. The van der Waals surface area contributed by atoms with Crippen molar-refractivity contribution in [2.75, 3.05) is 6.61 Å². The van der Waals surface area contributed by atoms with Gasteiger partial charge in [-0.1, -0.05) is 34.1 Å². The first-order valence-corrected chi connectivity index (χ1v) is 6.04. The minimum Gasteiger partial charge on any atom is -0.463 e. The molecule has 2 atom stereocenters. The average Bonchev–Trinajstić information content (AvgIpc) is 2.29. The Kier molecular flexibility index (Phi) is 4.14. The van der Waals surface area contributed by atoms with E-state index in [2.05, 4.69) is 19.2 Å². The lowest BCUT2D eigenvalue weighted by atomic mass is 9.87. The Bertz CT molecular complexity index is 224. The van der Waals surface area contributed by atoms with Gasteiger partial charge in [-0.05, 0) is 18.8 Å². The van der Waals surface area contributed by atoms with Gasteiger partial charge in [0.15, 0.2) is 0 Å². The van der Waals surface area contributed by atoms with E-state index in [1.165, 1.54) is 0 Å². The molecular weight excluding hydrogens is 190 g/mol. The third kappa shape index (κ3) is 2.33. The number of esters is 1. The van der Waals surface area contributed by atoms with Crippen molar-refractivity contribution >= 4 is 5.97 Å². The van der Waals surface area contributed by atoms with Gasteiger partial charge in [-0.15, -0.1) is 0 Å². The van der Waals surface area contributed by atoms with Crippen LogP contribution in [-0.2, 0) is 9.53 Å². The molecule has 3 nitrogen and oxygen atoms in total. The highest BCUT2D eigenvalue weighted by molar-refractivity contribution is 5.81. The quantitative estimate of drug-likeness (QED) is 0.727. The number of hydrogen-bond donors (Lipinski definition) is 1. The van der Waals surface area contributed by atoms with Crippen LogP contribution in [0.25, 0.3) is 0 Å². The molecule has 15 heavy (non-hydrogen) atoms. The number of carbonyl (C=O) groups excluding carboxylic acids is 1. The Labute approximate surface area is 92.6 Å². The lowest BCUT2D eigenvalue weighted by Gasteiger charge is -2.41. The van der Waals surface area contributed by atoms with Crippen LogP contribution < -0.4 is 5.32 Å². The largest absolute Gasteiger partial charge is 0.463 e. The van der Waals surface area contributed by atoms with Gasteiger partial charge in [-0.2, -0.15) is 0 Å². The SMILES string of the molecule is CCC(C)[C@H]1COC(=O)C(CC)(CC)N1. The van der Waals surface area contributed by atoms with Gasteiger partial charge >= 0.3 is 5.97 Å². The molecule has 0 bridgehead atoms. The third-order valence-corrected chi connectivity index (χ3v) is 3.78. The normalized spacial score (nSPS) is 27.2. The van der Waals surface area contributed by atoms with E-state index in [9.17, 15) is 4.79 Å². The number of cyclic esters (lactones) is 1. The van der Waals surface area contributed by atoms with Crippen molar-refractivity contribution in [2.24, 2.45) is 5.92 Å². The molecule has 1 unspecified atom stereocenters. The number of hydrogen-bond acceptors (Lipinski definition) is 3. The second-order valence-electron chi connectivity index (χ2n) is 4.52. The van der Waals surface area contributed by atoms with Gasteiger partial charge in [-0.3, -0.25) is 10.1 Å². The molecule has 0 aromatic rings. The topological polar surface area (TPSA) is 38.3 Å². The molecule has 1 heterocycles. The number of nitrogens with one attached hydrogen (secondary N) is 1. The van der Waals surface area contributed by atoms with Gasteiger partial charge in [0.1, 0.15) is 12.1 Å². The van der Waals surface area contributed by atoms with Crippen LogP contribution in [0.1, 0.15) is 47.0 Å². The molecule has 0 spiro atoms. The minimum absolute atomic E-state index is 0.0768. The molecule has 0 amide bonds. The number of rotatable bonds is 4. The van der Waals surface area contributed by atoms with E-state index in [4.69, 9.17) is 4.74 Å². The lowest BCUT2D eigenvalue weighted by Crippen LogP contribution is -2.63. The standard InChI is InChI=1S/C12H23NO2/c1-5-9(4)10-8-15-11(14)12(6-2,7-3)13-10/h9-10,13H,5-8H2,1-4H3/t9?,10-/m1/s1. The summed E-state index contributed by atoms with van der Waals surface area (Å²) in [6.45, 7) is 8.97. The van der Waals surface area contributed by atoms with Crippen molar-refractivity contribution in [3.05, 3.63) is 0 Å². The minimum atomic E-state index is -0.438. The maximum absolute atomic E-state index is 11.8. The molecule has 1 aliphatic rings. The highest BCUT2D eigenvalue weighted by atomic mass is 16.5. The summed E-state index contributed by atoms with van der Waals surface area (Å²) >= 11 is 0. The van der Waals surface area contributed by atoms with Gasteiger partial charge in [0.05, 0.1) is 0 Å². The molecular formula is C12H23NO2. The first-order chi connectivity index (χ1) is 7.09. The van der Waals surface area contributed by atoms with Crippen LogP contribution in [0.5, 0.6) is 0 Å². The zero-order valence-electron chi connectivity index (χ0n) is 10.3. The highest BCUT2D eigenvalue weighted by Crippen LogP contribution is 2.25. The Morgan fingerprint density at radius 3 is 2.53 bits per heavy atom. The monoisotopic (exact) mass is 213 g/mol. The molecule has 1 rings (SSSR count). The Morgan fingerprint density at radius 2 is 2.07 bits per heavy atom. The predicted molar refractivity (Wildman–Crippen MR) is 60.7 cm³/mol. The summed E-state index contributed by atoms with van der Waals surface area (Å²) < 4.78 is 5.31. The van der Waals surface area contributed by atoms with Gasteiger partial charge in [0.2, 0.25) is 0 Å². The van der Waals surface area contributed by atoms with Crippen molar-refractivity contribution in [2.45, 2.75) is 58.5 Å². The van der Waals surface area contributed by atoms with E-state index >= 15 is 0 Å². The summed E-state index contributed by atoms with van der Waals surface area (Å²) in [5.41, 5.74) is -0.438. The predicted octanol–water partition coefficient (Wildman–Crippen LogP) is 2.11. The van der Waals surface area contributed by atoms with E-state index in [-0.39, 0.29) is 5.97 Å². The smallest absolute Gasteiger partial charge is 0.326 e. The van der Waals surface area contributed by atoms with Crippen LogP contribution in [0.4, 0.5) is 0 Å². The van der Waals surface area contributed by atoms with Gasteiger partial charge < -0.3 is 4.74 Å². The Morgan fingerprint density at radius 1 is 1.47 bits per heavy atom. The second kappa shape index (κ2) is 4.97. The molecule has 1 aliphatic heterocycles. The number of morpholine rings is 1. The molecule has 1 saturated heterocycles. The van der Waals surface area contributed by atoms with E-state index in [0.717, 1.165) is 19.3 Å². The van der Waals surface area contributed by atoms with Crippen molar-refractivity contribution in [1.82, 2.24) is 5.32 Å². The van der Waals surface area contributed by atoms with Crippen molar-refractivity contribution in [3.63, 3.8) is 0 Å². The molecule has 88 valence electrons. The van der Waals surface area contributed by atoms with Crippen LogP contribution in [0.15, 0.2) is 0 Å². The van der Waals surface area contributed by atoms with E-state index in [1.807, 2.05) is 13.8 Å². The lowest BCUT2D eigenvalue weighted by molar-refractivity contribution is -0.160. The molecule has 0 saturated carbocycles. The fourth-order valence-electron chi connectivity index (χ4n) is 2.09. The zero-order chi connectivity index (χ0) is 11.5. The number of carbonyl (C=O) groups is 1. The van der Waals surface area contributed by atoms with Crippen LogP contribution in [0, 0.1) is 5.92 Å². The first kappa shape index (κ1) is 12.5. The van der Waals surface area contributed by atoms with Crippen LogP contribution in [0.2, 0.25) is 0 Å². The Balaban J connectivity index is 2.75. The molecule has 0 aromatic carbocycles. The third-order valence-electron chi connectivity index (χ3n) is 3.78. The van der Waals surface area contributed by atoms with E-state index < -0.39 is 5.54 Å². The summed E-state index contributed by atoms with van der Waals surface area (Å²) in [6, 6.07) is 0.313. The van der Waals surface area contributed by atoms with Crippen LogP contribution >= 0.6 is 0 Å². The molecule has 3 heteroatoms. The molecule has 0 aliphatic carbocycles. The molecule has 1 fully saturated rings. The first-order valence-electron chi connectivity index (χ1n) is 6.04. The maximum atomic E-state index is 11.8. The summed E-state index contributed by atoms with van der Waals surface area (Å²) in [7, 11) is 0. The second-order valence-corrected chi connectivity index (χ2v) is 4.52. The summed E-state index contributed by atoms with van der Waals surface area (Å²) in [5, 5.41) is 3.49. The average molecular weight is 213 g/mol. The van der Waals surface area contributed by atoms with Crippen LogP contribution in [0.3, 0.4) is 0 Å². The summed E-state index contributed by atoms with van der Waals surface area (Å²) in [6.07, 6.45) is 2.71. The molecule has 0 radical (unpaired) electrons. The van der Waals surface area contributed by atoms with Crippen molar-refractivity contribution in [3.8, 4) is 0 Å². The van der Waals surface area contributed by atoms with Crippen molar-refractivity contribution < 1.29 is 9.53 Å². The van der Waals surface area contributed by atoms with E-state index in [1.54, 1.807) is 0 Å². The fourth-order valence-corrected chi connectivity index (χ4v) is 2.09. The summed E-state index contributed by atoms with van der Waals surface area (Å²) in [4.78, 5) is 11.8. The Hall–Kier alpha value is -0.570. The zero-order valence-corrected chi connectivity index (χ0v) is 10.3. The van der Waals surface area contributed by atoms with Crippen molar-refractivity contribution in [1.29, 1.82) is 0 Å². The van der Waals surface area contributed by atoms with Gasteiger partial charge in [0, 0.05) is 6.04 Å². The van der Waals surface area contributed by atoms with Gasteiger partial charge in [0.25, 0.3) is 0 Å². The highest BCUT2D eigenvalue weighted by Gasteiger charge is 2.43. The molecule has 1 N–H and O–H groups in total. The molecule has 0 aromatic heterocycles. The fraction of sp³-hybridized carbons (Fsp3) is 0.917. The summed E-state index contributed by atoms with van der Waals surface area (Å²) in [5.74, 6) is 0.475. The van der Waals surface area contributed by atoms with Gasteiger partial charge in [-0.25, -0.2) is 0 Å².